The number of hydrogen-bond donors (Lipinski definition) is 2. The summed E-state index contributed by atoms with van der Waals surface area (Å²) in [7, 11) is 5.28. The van der Waals surface area contributed by atoms with Gasteiger partial charge in [-0.25, -0.2) is 4.99 Å². The number of methoxy groups -OCH3 is 2. The molecular weight excluding hydrogens is 368 g/mol. The molecule has 1 aromatic carbocycles. The smallest absolute Gasteiger partial charge is 0.191 e. The third-order valence-corrected chi connectivity index (χ3v) is 4.95. The van der Waals surface area contributed by atoms with Gasteiger partial charge in [0.2, 0.25) is 0 Å². The van der Waals surface area contributed by atoms with Crippen molar-refractivity contribution in [3.63, 3.8) is 0 Å². The minimum atomic E-state index is 0.370. The summed E-state index contributed by atoms with van der Waals surface area (Å²) in [6.45, 7) is 6.41. The van der Waals surface area contributed by atoms with Crippen molar-refractivity contribution in [2.75, 3.05) is 33.9 Å². The van der Waals surface area contributed by atoms with E-state index in [4.69, 9.17) is 14.5 Å². The number of nitrogens with one attached hydrogen (secondary N) is 2. The molecule has 0 aliphatic carbocycles. The summed E-state index contributed by atoms with van der Waals surface area (Å²) in [5, 5.41) is 11.1. The van der Waals surface area contributed by atoms with Crippen molar-refractivity contribution in [1.29, 1.82) is 0 Å². The number of aryl methyl sites for hydroxylation is 1. The van der Waals surface area contributed by atoms with Crippen LogP contribution in [0.15, 0.2) is 35.6 Å². The Morgan fingerprint density at radius 3 is 2.59 bits per heavy atom. The van der Waals surface area contributed by atoms with Gasteiger partial charge in [0.25, 0.3) is 0 Å². The van der Waals surface area contributed by atoms with Crippen molar-refractivity contribution < 1.29 is 9.47 Å². The van der Waals surface area contributed by atoms with E-state index in [-0.39, 0.29) is 0 Å². The monoisotopic (exact) mass is 400 g/mol. The van der Waals surface area contributed by atoms with Gasteiger partial charge in [0.1, 0.15) is 11.5 Å². The lowest BCUT2D eigenvalue weighted by molar-refractivity contribution is 0.321. The van der Waals surface area contributed by atoms with Crippen LogP contribution in [0.2, 0.25) is 0 Å². The number of benzene rings is 1. The van der Waals surface area contributed by atoms with Gasteiger partial charge in [0.05, 0.1) is 27.0 Å². The second kappa shape index (κ2) is 10.2. The summed E-state index contributed by atoms with van der Waals surface area (Å²) in [4.78, 5) is 7.15. The van der Waals surface area contributed by atoms with Gasteiger partial charge in [0.15, 0.2) is 5.96 Å². The van der Waals surface area contributed by atoms with E-state index < -0.39 is 0 Å². The van der Waals surface area contributed by atoms with Crippen LogP contribution in [0.3, 0.4) is 0 Å². The maximum Gasteiger partial charge on any atom is 0.191 e. The van der Waals surface area contributed by atoms with Gasteiger partial charge in [-0.3, -0.25) is 9.58 Å². The van der Waals surface area contributed by atoms with Crippen LogP contribution in [0.1, 0.15) is 24.5 Å². The number of hydrogen-bond acceptors (Lipinski definition) is 5. The molecule has 8 nitrogen and oxygen atoms in total. The number of rotatable bonds is 8. The molecule has 0 radical (unpaired) electrons. The number of nitrogens with zero attached hydrogens (tertiary/aromatic N) is 4. The largest absolute Gasteiger partial charge is 0.497 e. The molecular formula is C21H32N6O2. The quantitative estimate of drug-likeness (QED) is 0.520. The maximum atomic E-state index is 5.39. The van der Waals surface area contributed by atoms with Crippen molar-refractivity contribution in [3.05, 3.63) is 41.7 Å². The normalized spacial score (nSPS) is 17.4. The molecule has 8 heteroatoms. The van der Waals surface area contributed by atoms with Crippen molar-refractivity contribution in [2.45, 2.75) is 32.5 Å². The fourth-order valence-corrected chi connectivity index (χ4v) is 3.55. The van der Waals surface area contributed by atoms with Crippen LogP contribution in [0.4, 0.5) is 0 Å². The predicted molar refractivity (Wildman–Crippen MR) is 114 cm³/mol. The Bertz CT molecular complexity index is 797. The molecule has 1 saturated heterocycles. The maximum absolute atomic E-state index is 5.39. The van der Waals surface area contributed by atoms with Crippen LogP contribution in [0.5, 0.6) is 11.5 Å². The third-order valence-electron chi connectivity index (χ3n) is 4.95. The minimum absolute atomic E-state index is 0.370. The zero-order valence-corrected chi connectivity index (χ0v) is 17.8. The van der Waals surface area contributed by atoms with Crippen LogP contribution in [0, 0.1) is 0 Å². The van der Waals surface area contributed by atoms with Crippen molar-refractivity contribution >= 4 is 5.96 Å². The van der Waals surface area contributed by atoms with Crippen molar-refractivity contribution in [3.8, 4) is 11.5 Å². The number of likely N-dealkylation sites (tertiary alicyclic amines) is 1. The Labute approximate surface area is 172 Å². The van der Waals surface area contributed by atoms with Crippen molar-refractivity contribution in [2.24, 2.45) is 12.0 Å². The third kappa shape index (κ3) is 6.12. The number of guanidine groups is 1. The summed E-state index contributed by atoms with van der Waals surface area (Å²) in [5.41, 5.74) is 2.30. The molecule has 1 unspecified atom stereocenters. The molecule has 1 aliphatic rings. The number of aromatic nitrogens is 2. The first kappa shape index (κ1) is 21.0. The summed E-state index contributed by atoms with van der Waals surface area (Å²) in [6, 6.07) is 6.42. The highest BCUT2D eigenvalue weighted by Gasteiger charge is 2.23. The first-order valence-corrected chi connectivity index (χ1v) is 10.1. The fraction of sp³-hybridized carbons (Fsp3) is 0.524. The molecule has 0 spiro atoms. The van der Waals surface area contributed by atoms with E-state index in [1.165, 1.54) is 5.56 Å². The van der Waals surface area contributed by atoms with E-state index in [9.17, 15) is 0 Å². The molecule has 2 heterocycles. The van der Waals surface area contributed by atoms with E-state index in [2.05, 4.69) is 39.7 Å². The summed E-state index contributed by atoms with van der Waals surface area (Å²) in [6.07, 6.45) is 4.93. The average molecular weight is 401 g/mol. The highest BCUT2D eigenvalue weighted by Crippen LogP contribution is 2.24. The Kier molecular flexibility index (Phi) is 7.35. The van der Waals surface area contributed by atoms with E-state index in [1.807, 2.05) is 25.5 Å². The molecule has 1 aliphatic heterocycles. The van der Waals surface area contributed by atoms with Crippen molar-refractivity contribution in [1.82, 2.24) is 25.3 Å². The second-order valence-corrected chi connectivity index (χ2v) is 7.30. The standard InChI is InChI=1S/C21H32N6O2/c1-5-22-21(23-11-17-12-24-26(2)13-17)25-18-6-7-27(15-18)14-16-8-19(28-3)10-20(9-16)29-4/h8-10,12-13,18H,5-7,11,14-15H2,1-4H3,(H2,22,23,25). The lowest BCUT2D eigenvalue weighted by Gasteiger charge is -2.19. The molecule has 2 N–H and O–H groups in total. The van der Waals surface area contributed by atoms with Gasteiger partial charge in [-0.2, -0.15) is 5.10 Å². The number of ether oxygens (including phenoxy) is 2. The molecule has 1 fully saturated rings. The number of aliphatic imine (C=N–C) groups is 1. The first-order valence-electron chi connectivity index (χ1n) is 10.1. The molecule has 1 aromatic heterocycles. The Hall–Kier alpha value is -2.74. The molecule has 1 atom stereocenters. The van der Waals surface area contributed by atoms with Crippen LogP contribution in [0.25, 0.3) is 0 Å². The van der Waals surface area contributed by atoms with Crippen LogP contribution >= 0.6 is 0 Å². The zero-order chi connectivity index (χ0) is 20.6. The molecule has 0 saturated carbocycles. The second-order valence-electron chi connectivity index (χ2n) is 7.30. The Morgan fingerprint density at radius 2 is 1.97 bits per heavy atom. The van der Waals surface area contributed by atoms with Gasteiger partial charge >= 0.3 is 0 Å². The minimum Gasteiger partial charge on any atom is -0.497 e. The average Bonchev–Trinajstić information content (AvgIpc) is 3.34. The van der Waals surface area contributed by atoms with Gasteiger partial charge in [0, 0.05) is 57.1 Å². The summed E-state index contributed by atoms with van der Waals surface area (Å²) < 4.78 is 12.6. The van der Waals surface area contributed by atoms with Gasteiger partial charge in [-0.15, -0.1) is 0 Å². The molecule has 0 bridgehead atoms. The van der Waals surface area contributed by atoms with Crippen LogP contribution in [-0.2, 0) is 20.1 Å². The SMILES string of the molecule is CCNC(=NCc1cnn(C)c1)NC1CCN(Cc2cc(OC)cc(OC)c2)C1. The lowest BCUT2D eigenvalue weighted by Crippen LogP contribution is -2.44. The predicted octanol–water partition coefficient (Wildman–Crippen LogP) is 1.77. The van der Waals surface area contributed by atoms with Crippen LogP contribution in [-0.4, -0.2) is 60.5 Å². The highest BCUT2D eigenvalue weighted by molar-refractivity contribution is 5.80. The van der Waals surface area contributed by atoms with Gasteiger partial charge in [-0.1, -0.05) is 0 Å². The molecule has 2 aromatic rings. The topological polar surface area (TPSA) is 75.9 Å². The fourth-order valence-electron chi connectivity index (χ4n) is 3.55. The molecule has 3 rings (SSSR count). The summed E-state index contributed by atoms with van der Waals surface area (Å²) in [5.74, 6) is 2.50. The zero-order valence-electron chi connectivity index (χ0n) is 17.8. The van der Waals surface area contributed by atoms with E-state index in [1.54, 1.807) is 18.9 Å². The molecule has 158 valence electrons. The van der Waals surface area contributed by atoms with E-state index >= 15 is 0 Å². The molecule has 0 amide bonds. The van der Waals surface area contributed by atoms with Gasteiger partial charge < -0.3 is 20.1 Å². The molecule has 29 heavy (non-hydrogen) atoms. The first-order chi connectivity index (χ1) is 14.1. The Morgan fingerprint density at radius 1 is 1.21 bits per heavy atom. The summed E-state index contributed by atoms with van der Waals surface area (Å²) >= 11 is 0. The Balaban J connectivity index is 1.56. The lowest BCUT2D eigenvalue weighted by atomic mass is 10.2. The highest BCUT2D eigenvalue weighted by atomic mass is 16.5. The van der Waals surface area contributed by atoms with Gasteiger partial charge in [-0.05, 0) is 31.0 Å². The van der Waals surface area contributed by atoms with Crippen LogP contribution < -0.4 is 20.1 Å². The van der Waals surface area contributed by atoms with E-state index in [0.29, 0.717) is 12.6 Å². The van der Waals surface area contributed by atoms with E-state index in [0.717, 1.165) is 55.6 Å².